The van der Waals surface area contributed by atoms with Gasteiger partial charge in [-0.25, -0.2) is 0 Å². The van der Waals surface area contributed by atoms with Crippen LogP contribution in [0, 0.1) is 6.92 Å². The lowest BCUT2D eigenvalue weighted by Crippen LogP contribution is -2.19. The van der Waals surface area contributed by atoms with Crippen molar-refractivity contribution in [1.82, 2.24) is 4.57 Å². The Morgan fingerprint density at radius 3 is 2.48 bits per heavy atom. The van der Waals surface area contributed by atoms with Gasteiger partial charge in [0.05, 0.1) is 5.69 Å². The second-order valence-electron chi connectivity index (χ2n) is 4.47. The number of nitrogens with zero attached hydrogens (tertiary/aromatic N) is 1. The van der Waals surface area contributed by atoms with Crippen molar-refractivity contribution in [3.63, 3.8) is 0 Å². The van der Waals surface area contributed by atoms with Crippen LogP contribution in [0.3, 0.4) is 0 Å². The number of halogens is 2. The third-order valence-electron chi connectivity index (χ3n) is 2.79. The average Bonchev–Trinajstić information content (AvgIpc) is 2.80. The van der Waals surface area contributed by atoms with Crippen molar-refractivity contribution in [3.8, 4) is 0 Å². The Balaban J connectivity index is 2.27. The number of benzene rings is 1. The maximum Gasteiger partial charge on any atom is 0.323 e. The van der Waals surface area contributed by atoms with Crippen LogP contribution in [0.25, 0.3) is 0 Å². The van der Waals surface area contributed by atoms with Gasteiger partial charge in [0.25, 0.3) is 5.91 Å². The summed E-state index contributed by atoms with van der Waals surface area (Å²) in [6.07, 6.45) is 1.56. The number of aromatic nitrogens is 1. The topological polar surface area (TPSA) is 71.3 Å². The highest BCUT2D eigenvalue weighted by atomic mass is 79.9. The van der Waals surface area contributed by atoms with Gasteiger partial charge in [0, 0.05) is 15.1 Å². The second-order valence-corrected chi connectivity index (χ2v) is 6.18. The molecule has 2 rings (SSSR count). The number of hydrogen-bond acceptors (Lipinski definition) is 2. The number of nitrogens with one attached hydrogen (secondary N) is 1. The van der Waals surface area contributed by atoms with Crippen LogP contribution < -0.4 is 5.32 Å². The van der Waals surface area contributed by atoms with Gasteiger partial charge in [-0.15, -0.1) is 0 Å². The lowest BCUT2D eigenvalue weighted by atomic mass is 10.2. The van der Waals surface area contributed by atoms with Crippen LogP contribution in [0.5, 0.6) is 0 Å². The SMILES string of the molecule is Cc1cc(Br)c(NC(=O)c2cccn2CC(=O)O)c(Br)c1. The summed E-state index contributed by atoms with van der Waals surface area (Å²) in [6.45, 7) is 1.69. The predicted molar refractivity (Wildman–Crippen MR) is 86.6 cm³/mol. The number of carboxylic acid groups (broad SMARTS) is 1. The Morgan fingerprint density at radius 2 is 1.90 bits per heavy atom. The Bertz CT molecular complexity index is 687. The molecule has 0 spiro atoms. The largest absolute Gasteiger partial charge is 0.480 e. The van der Waals surface area contributed by atoms with E-state index < -0.39 is 5.97 Å². The van der Waals surface area contributed by atoms with E-state index in [2.05, 4.69) is 37.2 Å². The molecule has 1 aromatic carbocycles. The maximum atomic E-state index is 12.3. The van der Waals surface area contributed by atoms with Crippen molar-refractivity contribution >= 4 is 49.4 Å². The lowest BCUT2D eigenvalue weighted by molar-refractivity contribution is -0.137. The molecule has 0 unspecified atom stereocenters. The molecule has 0 bridgehead atoms. The molecule has 1 amide bonds. The van der Waals surface area contributed by atoms with E-state index in [4.69, 9.17) is 5.11 Å². The molecule has 0 atom stereocenters. The number of aryl methyl sites for hydroxylation is 1. The van der Waals surface area contributed by atoms with Gasteiger partial charge in [0.15, 0.2) is 0 Å². The van der Waals surface area contributed by atoms with Crippen LogP contribution in [0.15, 0.2) is 39.4 Å². The number of aliphatic carboxylic acids is 1. The monoisotopic (exact) mass is 414 g/mol. The fourth-order valence-corrected chi connectivity index (χ4v) is 3.51. The number of amides is 1. The van der Waals surface area contributed by atoms with Gasteiger partial charge >= 0.3 is 5.97 Å². The summed E-state index contributed by atoms with van der Waals surface area (Å²) >= 11 is 6.81. The fourth-order valence-electron chi connectivity index (χ4n) is 1.90. The minimum atomic E-state index is -1.00. The van der Waals surface area contributed by atoms with Crippen LogP contribution in [0.2, 0.25) is 0 Å². The van der Waals surface area contributed by atoms with Gasteiger partial charge < -0.3 is 15.0 Å². The van der Waals surface area contributed by atoms with E-state index in [1.54, 1.807) is 18.3 Å². The quantitative estimate of drug-likeness (QED) is 0.800. The van der Waals surface area contributed by atoms with Crippen LogP contribution >= 0.6 is 31.9 Å². The zero-order valence-electron chi connectivity index (χ0n) is 11.1. The minimum absolute atomic E-state index is 0.258. The molecule has 1 heterocycles. The van der Waals surface area contributed by atoms with Gasteiger partial charge in [0.2, 0.25) is 0 Å². The van der Waals surface area contributed by atoms with E-state index in [1.165, 1.54) is 4.57 Å². The Kier molecular flexibility index (Phi) is 4.84. The first kappa shape index (κ1) is 15.8. The molecule has 2 aromatic rings. The first-order chi connectivity index (χ1) is 9.88. The van der Waals surface area contributed by atoms with Crippen LogP contribution in [-0.4, -0.2) is 21.6 Å². The number of carbonyl (C=O) groups is 2. The van der Waals surface area contributed by atoms with Crippen molar-refractivity contribution in [2.45, 2.75) is 13.5 Å². The van der Waals surface area contributed by atoms with Crippen LogP contribution in [-0.2, 0) is 11.3 Å². The van der Waals surface area contributed by atoms with Gasteiger partial charge in [-0.2, -0.15) is 0 Å². The summed E-state index contributed by atoms with van der Waals surface area (Å²) in [4.78, 5) is 23.1. The maximum absolute atomic E-state index is 12.3. The Morgan fingerprint density at radius 1 is 1.29 bits per heavy atom. The summed E-state index contributed by atoms with van der Waals surface area (Å²) in [5, 5.41) is 11.6. The van der Waals surface area contributed by atoms with Crippen molar-refractivity contribution in [1.29, 1.82) is 0 Å². The van der Waals surface area contributed by atoms with Crippen molar-refractivity contribution < 1.29 is 14.7 Å². The smallest absolute Gasteiger partial charge is 0.323 e. The number of carboxylic acids is 1. The Hall–Kier alpha value is -1.60. The third-order valence-corrected chi connectivity index (χ3v) is 4.04. The van der Waals surface area contributed by atoms with E-state index in [0.717, 1.165) is 14.5 Å². The number of rotatable bonds is 4. The van der Waals surface area contributed by atoms with Crippen molar-refractivity contribution in [2.75, 3.05) is 5.32 Å². The van der Waals surface area contributed by atoms with E-state index >= 15 is 0 Å². The highest BCUT2D eigenvalue weighted by Gasteiger charge is 2.15. The molecule has 5 nitrogen and oxygen atoms in total. The first-order valence-electron chi connectivity index (χ1n) is 6.02. The molecule has 21 heavy (non-hydrogen) atoms. The summed E-state index contributed by atoms with van der Waals surface area (Å²) in [6, 6.07) is 6.98. The average molecular weight is 416 g/mol. The molecule has 0 aliphatic carbocycles. The van der Waals surface area contributed by atoms with Gasteiger partial charge in [-0.05, 0) is 68.6 Å². The van der Waals surface area contributed by atoms with Crippen LogP contribution in [0.4, 0.5) is 5.69 Å². The molecule has 110 valence electrons. The predicted octanol–water partition coefficient (Wildman–Crippen LogP) is 3.66. The number of anilines is 1. The van der Waals surface area contributed by atoms with E-state index in [1.807, 2.05) is 19.1 Å². The fraction of sp³-hybridized carbons (Fsp3) is 0.143. The number of hydrogen-bond donors (Lipinski definition) is 2. The minimum Gasteiger partial charge on any atom is -0.480 e. The van der Waals surface area contributed by atoms with Gasteiger partial charge in [0.1, 0.15) is 12.2 Å². The normalized spacial score (nSPS) is 10.4. The molecule has 0 radical (unpaired) electrons. The number of carbonyl (C=O) groups excluding carboxylic acids is 1. The molecule has 1 aromatic heterocycles. The third kappa shape index (κ3) is 3.74. The molecule has 7 heteroatoms. The zero-order chi connectivity index (χ0) is 15.6. The molecule has 2 N–H and O–H groups in total. The molecule has 0 aliphatic heterocycles. The first-order valence-corrected chi connectivity index (χ1v) is 7.61. The molecular formula is C14H12Br2N2O3. The Labute approximate surface area is 138 Å². The standard InChI is InChI=1S/C14H12Br2N2O3/c1-8-5-9(15)13(10(16)6-8)17-14(21)11-3-2-4-18(11)7-12(19)20/h2-6H,7H2,1H3,(H,17,21)(H,19,20). The van der Waals surface area contributed by atoms with Gasteiger partial charge in [-0.1, -0.05) is 0 Å². The van der Waals surface area contributed by atoms with Crippen molar-refractivity contribution in [2.24, 2.45) is 0 Å². The summed E-state index contributed by atoms with van der Waals surface area (Å²) in [7, 11) is 0. The second kappa shape index (κ2) is 6.44. The molecule has 0 aliphatic rings. The molecular weight excluding hydrogens is 404 g/mol. The zero-order valence-corrected chi connectivity index (χ0v) is 14.2. The van der Waals surface area contributed by atoms with E-state index in [0.29, 0.717) is 5.69 Å². The highest BCUT2D eigenvalue weighted by Crippen LogP contribution is 2.32. The van der Waals surface area contributed by atoms with E-state index in [9.17, 15) is 9.59 Å². The summed E-state index contributed by atoms with van der Waals surface area (Å²) in [5.41, 5.74) is 1.94. The summed E-state index contributed by atoms with van der Waals surface area (Å²) in [5.74, 6) is -1.37. The molecule has 0 saturated carbocycles. The summed E-state index contributed by atoms with van der Waals surface area (Å²) < 4.78 is 2.88. The molecule has 0 saturated heterocycles. The van der Waals surface area contributed by atoms with Crippen molar-refractivity contribution in [3.05, 3.63) is 50.7 Å². The van der Waals surface area contributed by atoms with Gasteiger partial charge in [-0.3, -0.25) is 9.59 Å². The van der Waals surface area contributed by atoms with E-state index in [-0.39, 0.29) is 18.1 Å². The van der Waals surface area contributed by atoms with Crippen LogP contribution in [0.1, 0.15) is 16.1 Å². The lowest BCUT2D eigenvalue weighted by Gasteiger charge is -2.12. The molecule has 0 fully saturated rings. The highest BCUT2D eigenvalue weighted by molar-refractivity contribution is 9.11.